The molecule has 0 amide bonds. The Morgan fingerprint density at radius 2 is 2.15 bits per heavy atom. The molecule has 1 aromatic rings. The second-order valence-corrected chi connectivity index (χ2v) is 5.44. The van der Waals surface area contributed by atoms with E-state index >= 15 is 0 Å². The van der Waals surface area contributed by atoms with Crippen LogP contribution in [-0.4, -0.2) is 27.6 Å². The van der Waals surface area contributed by atoms with Gasteiger partial charge in [-0.05, 0) is 25.7 Å². The lowest BCUT2D eigenvalue weighted by Crippen LogP contribution is -2.37. The number of hydrogen-bond acceptors (Lipinski definition) is 4. The number of carboxylic acids is 1. The summed E-state index contributed by atoms with van der Waals surface area (Å²) in [5.74, 6) is 0.699. The molecule has 6 heteroatoms. The van der Waals surface area contributed by atoms with Crippen molar-refractivity contribution in [3.8, 4) is 0 Å². The van der Waals surface area contributed by atoms with Gasteiger partial charge in [0.25, 0.3) is 5.56 Å². The number of carboxylic acid groups (broad SMARTS) is 1. The van der Waals surface area contributed by atoms with E-state index in [0.29, 0.717) is 30.4 Å². The van der Waals surface area contributed by atoms with E-state index in [2.05, 4.69) is 15.3 Å². The molecule has 0 unspecified atom stereocenters. The maximum atomic E-state index is 11.6. The standard InChI is InChI=1S/C14H21N3O3/c1-3-14(4-2,13(19)20)8-15-10-7-11(18)17-12(16-10)9-5-6-9/h7,9H,3-6,8H2,1-2H3,(H,19,20)(H2,15,16,17,18). The fourth-order valence-electron chi connectivity index (χ4n) is 2.25. The van der Waals surface area contributed by atoms with Crippen molar-refractivity contribution in [2.75, 3.05) is 11.9 Å². The van der Waals surface area contributed by atoms with E-state index in [1.54, 1.807) is 0 Å². The molecule has 20 heavy (non-hydrogen) atoms. The summed E-state index contributed by atoms with van der Waals surface area (Å²) in [5.41, 5.74) is -1.01. The monoisotopic (exact) mass is 279 g/mol. The fraction of sp³-hybridized carbons (Fsp3) is 0.643. The van der Waals surface area contributed by atoms with Crippen molar-refractivity contribution in [2.45, 2.75) is 45.4 Å². The second kappa shape index (κ2) is 5.64. The van der Waals surface area contributed by atoms with Gasteiger partial charge in [-0.25, -0.2) is 4.98 Å². The molecule has 1 heterocycles. The predicted molar refractivity (Wildman–Crippen MR) is 76.0 cm³/mol. The molecule has 0 atom stereocenters. The van der Waals surface area contributed by atoms with E-state index in [0.717, 1.165) is 12.8 Å². The summed E-state index contributed by atoms with van der Waals surface area (Å²) in [6, 6.07) is 1.38. The number of nitrogens with zero attached hydrogens (tertiary/aromatic N) is 1. The number of anilines is 1. The van der Waals surface area contributed by atoms with Crippen molar-refractivity contribution in [3.63, 3.8) is 0 Å². The number of carbonyl (C=O) groups is 1. The number of rotatable bonds is 7. The van der Waals surface area contributed by atoms with E-state index in [4.69, 9.17) is 0 Å². The Bertz CT molecular complexity index is 545. The SMILES string of the molecule is CCC(CC)(CNc1cc(=O)[nH]c(C2CC2)n1)C(=O)O. The first-order chi connectivity index (χ1) is 9.50. The van der Waals surface area contributed by atoms with E-state index in [9.17, 15) is 14.7 Å². The molecule has 1 aromatic heterocycles. The van der Waals surface area contributed by atoms with Gasteiger partial charge in [-0.3, -0.25) is 9.59 Å². The molecule has 1 fully saturated rings. The van der Waals surface area contributed by atoms with Crippen LogP contribution in [0.4, 0.5) is 5.82 Å². The molecule has 1 aliphatic rings. The summed E-state index contributed by atoms with van der Waals surface area (Å²) in [7, 11) is 0. The highest BCUT2D eigenvalue weighted by molar-refractivity contribution is 5.75. The van der Waals surface area contributed by atoms with Crippen molar-refractivity contribution in [1.29, 1.82) is 0 Å². The summed E-state index contributed by atoms with van der Waals surface area (Å²) in [4.78, 5) is 30.1. The van der Waals surface area contributed by atoms with E-state index in [-0.39, 0.29) is 12.1 Å². The lowest BCUT2D eigenvalue weighted by atomic mass is 9.82. The van der Waals surface area contributed by atoms with Gasteiger partial charge in [-0.15, -0.1) is 0 Å². The molecular weight excluding hydrogens is 258 g/mol. The summed E-state index contributed by atoms with van der Waals surface area (Å²) >= 11 is 0. The third kappa shape index (κ3) is 3.00. The molecule has 0 radical (unpaired) electrons. The van der Waals surface area contributed by atoms with E-state index < -0.39 is 11.4 Å². The highest BCUT2D eigenvalue weighted by atomic mass is 16.4. The summed E-state index contributed by atoms with van der Waals surface area (Å²) in [6.07, 6.45) is 3.17. The number of nitrogens with one attached hydrogen (secondary N) is 2. The maximum absolute atomic E-state index is 11.6. The Morgan fingerprint density at radius 1 is 1.50 bits per heavy atom. The number of hydrogen-bond donors (Lipinski definition) is 3. The topological polar surface area (TPSA) is 95.1 Å². The lowest BCUT2D eigenvalue weighted by molar-refractivity contribution is -0.148. The zero-order valence-corrected chi connectivity index (χ0v) is 11.9. The second-order valence-electron chi connectivity index (χ2n) is 5.44. The number of aliphatic carboxylic acids is 1. The van der Waals surface area contributed by atoms with Gasteiger partial charge in [-0.2, -0.15) is 0 Å². The van der Waals surface area contributed by atoms with Gasteiger partial charge in [-0.1, -0.05) is 13.8 Å². The average molecular weight is 279 g/mol. The molecule has 0 saturated heterocycles. The quantitative estimate of drug-likeness (QED) is 0.709. The highest BCUT2D eigenvalue weighted by Crippen LogP contribution is 2.37. The molecule has 6 nitrogen and oxygen atoms in total. The normalized spacial score (nSPS) is 15.1. The summed E-state index contributed by atoms with van der Waals surface area (Å²) in [6.45, 7) is 4.00. The third-order valence-electron chi connectivity index (χ3n) is 4.14. The van der Waals surface area contributed by atoms with Gasteiger partial charge in [0.1, 0.15) is 11.6 Å². The Labute approximate surface area is 117 Å². The third-order valence-corrected chi connectivity index (χ3v) is 4.14. The first-order valence-corrected chi connectivity index (χ1v) is 7.09. The minimum absolute atomic E-state index is 0.196. The van der Waals surface area contributed by atoms with Crippen molar-refractivity contribution < 1.29 is 9.90 Å². The lowest BCUT2D eigenvalue weighted by Gasteiger charge is -2.27. The number of aromatic nitrogens is 2. The molecule has 1 saturated carbocycles. The van der Waals surface area contributed by atoms with Crippen molar-refractivity contribution >= 4 is 11.8 Å². The van der Waals surface area contributed by atoms with Gasteiger partial charge in [0.2, 0.25) is 0 Å². The largest absolute Gasteiger partial charge is 0.481 e. The maximum Gasteiger partial charge on any atom is 0.311 e. The van der Waals surface area contributed by atoms with Crippen molar-refractivity contribution in [1.82, 2.24) is 9.97 Å². The Kier molecular flexibility index (Phi) is 4.11. The molecule has 0 bridgehead atoms. The average Bonchev–Trinajstić information content (AvgIpc) is 3.24. The number of aromatic amines is 1. The fourth-order valence-corrected chi connectivity index (χ4v) is 2.25. The Morgan fingerprint density at radius 3 is 2.65 bits per heavy atom. The molecule has 2 rings (SSSR count). The molecule has 0 spiro atoms. The predicted octanol–water partition coefficient (Wildman–Crippen LogP) is 1.95. The zero-order valence-electron chi connectivity index (χ0n) is 11.9. The molecule has 110 valence electrons. The first kappa shape index (κ1) is 14.6. The van der Waals surface area contributed by atoms with Crippen LogP contribution in [0.2, 0.25) is 0 Å². The van der Waals surface area contributed by atoms with Crippen LogP contribution in [0.5, 0.6) is 0 Å². The highest BCUT2D eigenvalue weighted by Gasteiger charge is 2.35. The molecular formula is C14H21N3O3. The van der Waals surface area contributed by atoms with Crippen LogP contribution in [0, 0.1) is 5.41 Å². The van der Waals surface area contributed by atoms with Crippen LogP contribution in [0.15, 0.2) is 10.9 Å². The van der Waals surface area contributed by atoms with Gasteiger partial charge in [0.15, 0.2) is 0 Å². The molecule has 0 aromatic carbocycles. The first-order valence-electron chi connectivity index (χ1n) is 7.09. The van der Waals surface area contributed by atoms with Crippen LogP contribution in [0.3, 0.4) is 0 Å². The van der Waals surface area contributed by atoms with Gasteiger partial charge < -0.3 is 15.4 Å². The van der Waals surface area contributed by atoms with E-state index in [1.165, 1.54) is 6.07 Å². The van der Waals surface area contributed by atoms with Crippen LogP contribution in [0.1, 0.15) is 51.3 Å². The summed E-state index contributed by atoms with van der Waals surface area (Å²) in [5, 5.41) is 12.4. The van der Waals surface area contributed by atoms with Crippen LogP contribution in [-0.2, 0) is 4.79 Å². The van der Waals surface area contributed by atoms with Crippen LogP contribution >= 0.6 is 0 Å². The van der Waals surface area contributed by atoms with Gasteiger partial charge >= 0.3 is 5.97 Å². The zero-order chi connectivity index (χ0) is 14.8. The molecule has 0 aliphatic heterocycles. The Balaban J connectivity index is 2.13. The number of H-pyrrole nitrogens is 1. The Hall–Kier alpha value is -1.85. The van der Waals surface area contributed by atoms with Crippen LogP contribution < -0.4 is 10.9 Å². The van der Waals surface area contributed by atoms with Gasteiger partial charge in [0, 0.05) is 18.5 Å². The molecule has 3 N–H and O–H groups in total. The molecule has 1 aliphatic carbocycles. The van der Waals surface area contributed by atoms with E-state index in [1.807, 2.05) is 13.8 Å². The smallest absolute Gasteiger partial charge is 0.311 e. The van der Waals surface area contributed by atoms with Gasteiger partial charge in [0.05, 0.1) is 5.41 Å². The minimum Gasteiger partial charge on any atom is -0.481 e. The van der Waals surface area contributed by atoms with Crippen molar-refractivity contribution in [3.05, 3.63) is 22.2 Å². The summed E-state index contributed by atoms with van der Waals surface area (Å²) < 4.78 is 0. The minimum atomic E-state index is -0.817. The van der Waals surface area contributed by atoms with Crippen LogP contribution in [0.25, 0.3) is 0 Å². The van der Waals surface area contributed by atoms with Crippen molar-refractivity contribution in [2.24, 2.45) is 5.41 Å².